The first-order chi connectivity index (χ1) is 11.7. The van der Waals surface area contributed by atoms with Crippen LogP contribution >= 0.6 is 15.9 Å². The van der Waals surface area contributed by atoms with Gasteiger partial charge in [0.15, 0.2) is 5.82 Å². The molecule has 0 saturated carbocycles. The molecule has 0 unspecified atom stereocenters. The number of carbonyl (C=O) groups excluding carboxylic acids is 1. The maximum Gasteiger partial charge on any atom is 0.252 e. The average molecular weight is 390 g/mol. The maximum absolute atomic E-state index is 12.1. The number of carbonyl (C=O) groups is 1. The molecule has 0 atom stereocenters. The Balaban J connectivity index is 1.47. The van der Waals surface area contributed by atoms with E-state index in [1.165, 1.54) is 12.8 Å². The number of anilines is 2. The van der Waals surface area contributed by atoms with Crippen LogP contribution in [0.15, 0.2) is 41.0 Å². The van der Waals surface area contributed by atoms with Crippen LogP contribution < -0.4 is 15.5 Å². The lowest BCUT2D eigenvalue weighted by atomic mass is 10.2. The molecule has 7 heteroatoms. The van der Waals surface area contributed by atoms with Crippen LogP contribution in [0, 0.1) is 0 Å². The Bertz CT molecular complexity index is 703. The topological polar surface area (TPSA) is 70.2 Å². The van der Waals surface area contributed by atoms with Gasteiger partial charge in [0.25, 0.3) is 5.91 Å². The molecule has 6 nitrogen and oxygen atoms in total. The molecule has 1 aliphatic rings. The second kappa shape index (κ2) is 8.10. The summed E-state index contributed by atoms with van der Waals surface area (Å²) < 4.78 is 0.791. The zero-order valence-electron chi connectivity index (χ0n) is 13.3. The molecule has 3 rings (SSSR count). The highest BCUT2D eigenvalue weighted by molar-refractivity contribution is 9.10. The zero-order valence-corrected chi connectivity index (χ0v) is 14.9. The van der Waals surface area contributed by atoms with Gasteiger partial charge in [-0.2, -0.15) is 5.10 Å². The number of nitrogens with one attached hydrogen (secondary N) is 2. The summed E-state index contributed by atoms with van der Waals surface area (Å²) in [5.74, 6) is 0.635. The minimum atomic E-state index is -0.0961. The third kappa shape index (κ3) is 4.23. The van der Waals surface area contributed by atoms with Crippen molar-refractivity contribution in [2.75, 3.05) is 36.4 Å². The van der Waals surface area contributed by atoms with E-state index in [0.717, 1.165) is 29.1 Å². The predicted molar refractivity (Wildman–Crippen MR) is 98.4 cm³/mol. The maximum atomic E-state index is 12.1. The Morgan fingerprint density at radius 1 is 1.21 bits per heavy atom. The van der Waals surface area contributed by atoms with E-state index in [-0.39, 0.29) is 5.91 Å². The van der Waals surface area contributed by atoms with Gasteiger partial charge < -0.3 is 15.5 Å². The quantitative estimate of drug-likeness (QED) is 0.743. The van der Waals surface area contributed by atoms with Crippen molar-refractivity contribution in [3.63, 3.8) is 0 Å². The summed E-state index contributed by atoms with van der Waals surface area (Å²) in [7, 11) is 0. The van der Waals surface area contributed by atoms with Crippen molar-refractivity contribution in [2.24, 2.45) is 0 Å². The van der Waals surface area contributed by atoms with E-state index in [1.54, 1.807) is 12.3 Å². The van der Waals surface area contributed by atoms with Gasteiger partial charge in [-0.05, 0) is 40.9 Å². The highest BCUT2D eigenvalue weighted by Gasteiger charge is 2.13. The monoisotopic (exact) mass is 389 g/mol. The molecule has 24 heavy (non-hydrogen) atoms. The van der Waals surface area contributed by atoms with Crippen molar-refractivity contribution in [3.8, 4) is 0 Å². The van der Waals surface area contributed by atoms with Crippen LogP contribution in [0.25, 0.3) is 0 Å². The second-order valence-electron chi connectivity index (χ2n) is 5.66. The summed E-state index contributed by atoms with van der Waals surface area (Å²) >= 11 is 3.38. The summed E-state index contributed by atoms with van der Waals surface area (Å²) in [5, 5.41) is 14.2. The molecule has 0 radical (unpaired) electrons. The van der Waals surface area contributed by atoms with E-state index in [2.05, 4.69) is 41.7 Å². The van der Waals surface area contributed by atoms with Gasteiger partial charge in [0.05, 0.1) is 17.4 Å². The number of benzene rings is 1. The van der Waals surface area contributed by atoms with Gasteiger partial charge in [0, 0.05) is 36.7 Å². The lowest BCUT2D eigenvalue weighted by molar-refractivity contribution is 0.0954. The van der Waals surface area contributed by atoms with Gasteiger partial charge in [0.1, 0.15) is 0 Å². The number of rotatable bonds is 6. The van der Waals surface area contributed by atoms with Gasteiger partial charge in [-0.15, -0.1) is 5.10 Å². The Hall–Kier alpha value is -2.15. The normalized spacial score (nSPS) is 13.8. The summed E-state index contributed by atoms with van der Waals surface area (Å²) in [6.45, 7) is 3.25. The van der Waals surface area contributed by atoms with E-state index < -0.39 is 0 Å². The van der Waals surface area contributed by atoms with E-state index in [4.69, 9.17) is 0 Å². The second-order valence-corrected chi connectivity index (χ2v) is 6.51. The highest BCUT2D eigenvalue weighted by atomic mass is 79.9. The molecular formula is C17H20BrN5O. The minimum Gasteiger partial charge on any atom is -0.370 e. The largest absolute Gasteiger partial charge is 0.370 e. The van der Waals surface area contributed by atoms with E-state index in [0.29, 0.717) is 18.7 Å². The van der Waals surface area contributed by atoms with Crippen molar-refractivity contribution in [1.82, 2.24) is 15.5 Å². The van der Waals surface area contributed by atoms with Gasteiger partial charge in [-0.1, -0.05) is 12.1 Å². The standard InChI is InChI=1S/C17H20BrN5O/c18-15-6-2-1-5-14(15)17(24)20-8-7-19-16-11-13(12-21-22-16)23-9-3-4-10-23/h1-2,5-6,11-12H,3-4,7-10H2,(H,19,22)(H,20,24). The molecule has 1 aromatic heterocycles. The number of hydrogen-bond acceptors (Lipinski definition) is 5. The third-order valence-corrected chi connectivity index (χ3v) is 4.64. The number of amides is 1. The fourth-order valence-electron chi connectivity index (χ4n) is 2.70. The Morgan fingerprint density at radius 3 is 2.79 bits per heavy atom. The molecule has 0 spiro atoms. The van der Waals surface area contributed by atoms with Gasteiger partial charge in [0.2, 0.25) is 0 Å². The molecule has 1 fully saturated rings. The summed E-state index contributed by atoms with van der Waals surface area (Å²) in [6.07, 6.45) is 4.25. The van der Waals surface area contributed by atoms with Crippen molar-refractivity contribution >= 4 is 33.3 Å². The first kappa shape index (κ1) is 16.7. The molecule has 0 bridgehead atoms. The SMILES string of the molecule is O=C(NCCNc1cc(N2CCCC2)cnn1)c1ccccc1Br. The summed E-state index contributed by atoms with van der Waals surface area (Å²) in [5.41, 5.74) is 1.73. The molecule has 126 valence electrons. The van der Waals surface area contributed by atoms with Crippen molar-refractivity contribution in [3.05, 3.63) is 46.6 Å². The van der Waals surface area contributed by atoms with Crippen LogP contribution in [0.3, 0.4) is 0 Å². The van der Waals surface area contributed by atoms with Gasteiger partial charge in [-0.3, -0.25) is 4.79 Å². The Kier molecular flexibility index (Phi) is 5.63. The summed E-state index contributed by atoms with van der Waals surface area (Å²) in [6, 6.07) is 9.38. The summed E-state index contributed by atoms with van der Waals surface area (Å²) in [4.78, 5) is 14.4. The lowest BCUT2D eigenvalue weighted by Crippen LogP contribution is -2.29. The number of nitrogens with zero attached hydrogens (tertiary/aromatic N) is 3. The van der Waals surface area contributed by atoms with Crippen LogP contribution in [-0.2, 0) is 0 Å². The van der Waals surface area contributed by atoms with Crippen LogP contribution in [0.1, 0.15) is 23.2 Å². The fourth-order valence-corrected chi connectivity index (χ4v) is 3.16. The number of halogens is 1. The van der Waals surface area contributed by atoms with Crippen molar-refractivity contribution in [1.29, 1.82) is 0 Å². The van der Waals surface area contributed by atoms with Gasteiger partial charge >= 0.3 is 0 Å². The van der Waals surface area contributed by atoms with Crippen molar-refractivity contribution < 1.29 is 4.79 Å². The minimum absolute atomic E-state index is 0.0961. The lowest BCUT2D eigenvalue weighted by Gasteiger charge is -2.17. The average Bonchev–Trinajstić information content (AvgIpc) is 3.14. The number of aromatic nitrogens is 2. The smallest absolute Gasteiger partial charge is 0.252 e. The molecule has 1 saturated heterocycles. The van der Waals surface area contributed by atoms with Crippen LogP contribution in [0.4, 0.5) is 11.5 Å². The first-order valence-electron chi connectivity index (χ1n) is 8.08. The molecular weight excluding hydrogens is 370 g/mol. The van der Waals surface area contributed by atoms with E-state index >= 15 is 0 Å². The molecule has 1 aromatic carbocycles. The molecule has 2 heterocycles. The third-order valence-electron chi connectivity index (χ3n) is 3.95. The van der Waals surface area contributed by atoms with Crippen LogP contribution in [0.2, 0.25) is 0 Å². The molecule has 2 aromatic rings. The van der Waals surface area contributed by atoms with Crippen LogP contribution in [-0.4, -0.2) is 42.3 Å². The van der Waals surface area contributed by atoms with Crippen LogP contribution in [0.5, 0.6) is 0 Å². The first-order valence-corrected chi connectivity index (χ1v) is 8.87. The molecule has 1 amide bonds. The highest BCUT2D eigenvalue weighted by Crippen LogP contribution is 2.20. The number of hydrogen-bond donors (Lipinski definition) is 2. The molecule has 2 N–H and O–H groups in total. The van der Waals surface area contributed by atoms with E-state index in [1.807, 2.05) is 24.3 Å². The fraction of sp³-hybridized carbons (Fsp3) is 0.353. The Labute approximate surface area is 149 Å². The predicted octanol–water partition coefficient (Wildman–Crippen LogP) is 2.68. The van der Waals surface area contributed by atoms with Gasteiger partial charge in [-0.25, -0.2) is 0 Å². The Morgan fingerprint density at radius 2 is 2.00 bits per heavy atom. The molecule has 0 aliphatic carbocycles. The van der Waals surface area contributed by atoms with E-state index in [9.17, 15) is 4.79 Å². The van der Waals surface area contributed by atoms with Crippen molar-refractivity contribution in [2.45, 2.75) is 12.8 Å². The molecule has 1 aliphatic heterocycles. The zero-order chi connectivity index (χ0) is 16.8.